The van der Waals surface area contributed by atoms with Crippen LogP contribution in [0, 0.1) is 0 Å². The summed E-state index contributed by atoms with van der Waals surface area (Å²) in [6.45, 7) is 5.94. The Morgan fingerprint density at radius 1 is 1.13 bits per heavy atom. The predicted octanol–water partition coefficient (Wildman–Crippen LogP) is 3.01. The van der Waals surface area contributed by atoms with Crippen molar-refractivity contribution in [1.29, 1.82) is 0 Å². The molecule has 1 aliphatic heterocycles. The number of nitrogens with zero attached hydrogens (tertiary/aromatic N) is 3. The van der Waals surface area contributed by atoms with Gasteiger partial charge in [-0.2, -0.15) is 0 Å². The monoisotopic (exact) mass is 421 g/mol. The summed E-state index contributed by atoms with van der Waals surface area (Å²) < 4.78 is 11.6. The molecule has 7 nitrogen and oxygen atoms in total. The minimum atomic E-state index is -0.371. The van der Waals surface area contributed by atoms with Crippen LogP contribution >= 0.6 is 0 Å². The van der Waals surface area contributed by atoms with Gasteiger partial charge in [0, 0.05) is 39.1 Å². The summed E-state index contributed by atoms with van der Waals surface area (Å²) in [5, 5.41) is 7.11. The molecular weight excluding hydrogens is 394 g/mol. The maximum absolute atomic E-state index is 12.5. The highest BCUT2D eigenvalue weighted by Gasteiger charge is 2.32. The zero-order valence-corrected chi connectivity index (χ0v) is 17.8. The maximum atomic E-state index is 12.5. The van der Waals surface area contributed by atoms with Gasteiger partial charge in [-0.05, 0) is 48.5 Å². The minimum Gasteiger partial charge on any atom is -0.492 e. The third kappa shape index (κ3) is 4.07. The zero-order valence-electron chi connectivity index (χ0n) is 17.8. The van der Waals surface area contributed by atoms with Crippen LogP contribution in [0.25, 0.3) is 21.7 Å². The summed E-state index contributed by atoms with van der Waals surface area (Å²) >= 11 is 0. The van der Waals surface area contributed by atoms with Gasteiger partial charge in [-0.3, -0.25) is 14.5 Å². The summed E-state index contributed by atoms with van der Waals surface area (Å²) in [4.78, 5) is 28.9. The average molecular weight is 421 g/mol. The SMILES string of the molecule is CN1CCN(CCOc2ccc3c(ccc4onc([C@@H]5CCC(=O)CC5=O)c43)c2)CC1. The van der Waals surface area contributed by atoms with Crippen LogP contribution in [0.5, 0.6) is 5.75 Å². The number of carbonyl (C=O) groups is 2. The van der Waals surface area contributed by atoms with Gasteiger partial charge in [0.15, 0.2) is 5.58 Å². The first-order valence-electron chi connectivity index (χ1n) is 11.0. The molecule has 1 saturated carbocycles. The third-order valence-electron chi connectivity index (χ3n) is 6.53. The molecule has 1 saturated heterocycles. The topological polar surface area (TPSA) is 75.9 Å². The van der Waals surface area contributed by atoms with Crippen molar-refractivity contribution in [1.82, 2.24) is 15.0 Å². The largest absolute Gasteiger partial charge is 0.492 e. The Balaban J connectivity index is 1.35. The first kappa shape index (κ1) is 20.2. The number of rotatable bonds is 5. The second kappa shape index (κ2) is 8.40. The van der Waals surface area contributed by atoms with E-state index in [-0.39, 0.29) is 23.9 Å². The summed E-state index contributed by atoms with van der Waals surface area (Å²) in [7, 11) is 2.16. The van der Waals surface area contributed by atoms with Gasteiger partial charge in [0.1, 0.15) is 29.6 Å². The fourth-order valence-electron chi connectivity index (χ4n) is 4.63. The van der Waals surface area contributed by atoms with E-state index >= 15 is 0 Å². The second-order valence-electron chi connectivity index (χ2n) is 8.66. The number of benzene rings is 2. The van der Waals surface area contributed by atoms with Crippen molar-refractivity contribution >= 4 is 33.3 Å². The molecule has 1 atom stereocenters. The Labute approximate surface area is 180 Å². The molecule has 162 valence electrons. The van der Waals surface area contributed by atoms with Crippen molar-refractivity contribution in [2.75, 3.05) is 46.4 Å². The Hall–Kier alpha value is -2.77. The van der Waals surface area contributed by atoms with E-state index in [1.165, 1.54) is 0 Å². The Bertz CT molecular complexity index is 1130. The number of ether oxygens (including phenoxy) is 1. The van der Waals surface area contributed by atoms with Gasteiger partial charge in [0.2, 0.25) is 0 Å². The number of likely N-dealkylation sites (N-methyl/N-ethyl adjacent to an activating group) is 1. The van der Waals surface area contributed by atoms with Gasteiger partial charge in [0.25, 0.3) is 0 Å². The van der Waals surface area contributed by atoms with Crippen molar-refractivity contribution in [2.24, 2.45) is 0 Å². The van der Waals surface area contributed by atoms with Crippen LogP contribution in [0.15, 0.2) is 34.9 Å². The molecule has 1 aliphatic carbocycles. The maximum Gasteiger partial charge on any atom is 0.167 e. The predicted molar refractivity (Wildman–Crippen MR) is 118 cm³/mol. The van der Waals surface area contributed by atoms with Gasteiger partial charge >= 0.3 is 0 Å². The van der Waals surface area contributed by atoms with Crippen LogP contribution in [0.4, 0.5) is 0 Å². The lowest BCUT2D eigenvalue weighted by molar-refractivity contribution is -0.130. The fourth-order valence-corrected chi connectivity index (χ4v) is 4.63. The number of ketones is 2. The van der Waals surface area contributed by atoms with Gasteiger partial charge < -0.3 is 14.2 Å². The molecule has 0 radical (unpaired) electrons. The first-order valence-corrected chi connectivity index (χ1v) is 11.0. The van der Waals surface area contributed by atoms with E-state index in [0.717, 1.165) is 54.6 Å². The molecular formula is C24H27N3O4. The number of aromatic nitrogens is 1. The molecule has 0 N–H and O–H groups in total. The molecule has 31 heavy (non-hydrogen) atoms. The molecule has 0 bridgehead atoms. The molecule has 2 aromatic carbocycles. The van der Waals surface area contributed by atoms with E-state index in [0.29, 0.717) is 30.7 Å². The van der Waals surface area contributed by atoms with Crippen LogP contribution in [-0.2, 0) is 9.59 Å². The quantitative estimate of drug-likeness (QED) is 0.586. The lowest BCUT2D eigenvalue weighted by Crippen LogP contribution is -2.45. The Kier molecular flexibility index (Phi) is 5.46. The summed E-state index contributed by atoms with van der Waals surface area (Å²) in [5.41, 5.74) is 1.32. The number of Topliss-reactive ketones (excluding diaryl/α,β-unsaturated/α-hetero) is 2. The number of fused-ring (bicyclic) bond motifs is 3. The highest BCUT2D eigenvalue weighted by atomic mass is 16.5. The number of carbonyl (C=O) groups excluding carboxylic acids is 2. The van der Waals surface area contributed by atoms with E-state index < -0.39 is 0 Å². The Morgan fingerprint density at radius 2 is 1.97 bits per heavy atom. The first-order chi connectivity index (χ1) is 15.1. The molecule has 1 aromatic heterocycles. The van der Waals surface area contributed by atoms with Gasteiger partial charge in [-0.15, -0.1) is 0 Å². The van der Waals surface area contributed by atoms with Crippen LogP contribution < -0.4 is 4.74 Å². The van der Waals surface area contributed by atoms with E-state index in [4.69, 9.17) is 9.26 Å². The van der Waals surface area contributed by atoms with Crippen molar-refractivity contribution in [3.63, 3.8) is 0 Å². The molecule has 3 aromatic rings. The molecule has 2 fully saturated rings. The molecule has 0 amide bonds. The van der Waals surface area contributed by atoms with Crippen molar-refractivity contribution < 1.29 is 18.8 Å². The molecule has 0 spiro atoms. The van der Waals surface area contributed by atoms with Crippen molar-refractivity contribution in [3.8, 4) is 5.75 Å². The number of hydrogen-bond donors (Lipinski definition) is 0. The average Bonchev–Trinajstić information content (AvgIpc) is 3.19. The summed E-state index contributed by atoms with van der Waals surface area (Å²) in [5.74, 6) is 0.409. The lowest BCUT2D eigenvalue weighted by atomic mass is 9.83. The zero-order chi connectivity index (χ0) is 21.4. The number of piperazine rings is 1. The summed E-state index contributed by atoms with van der Waals surface area (Å²) in [6.07, 6.45) is 0.916. The second-order valence-corrected chi connectivity index (χ2v) is 8.66. The van der Waals surface area contributed by atoms with Crippen LogP contribution in [-0.4, -0.2) is 72.9 Å². The van der Waals surface area contributed by atoms with Gasteiger partial charge in [0.05, 0.1) is 17.7 Å². The van der Waals surface area contributed by atoms with E-state index in [2.05, 4.69) is 22.0 Å². The van der Waals surface area contributed by atoms with Crippen molar-refractivity contribution in [3.05, 3.63) is 36.0 Å². The highest BCUT2D eigenvalue weighted by molar-refractivity contribution is 6.11. The van der Waals surface area contributed by atoms with Gasteiger partial charge in [-0.25, -0.2) is 0 Å². The highest BCUT2D eigenvalue weighted by Crippen LogP contribution is 2.37. The smallest absolute Gasteiger partial charge is 0.167 e. The van der Waals surface area contributed by atoms with Crippen LogP contribution in [0.2, 0.25) is 0 Å². The fraction of sp³-hybridized carbons (Fsp3) is 0.458. The number of hydrogen-bond acceptors (Lipinski definition) is 7. The third-order valence-corrected chi connectivity index (χ3v) is 6.53. The standard InChI is InChI=1S/C24H27N3O4/c1-26-8-10-27(11-9-26)12-13-30-18-4-6-19-16(14-18)2-7-22-23(19)24(25-31-22)20-5-3-17(28)15-21(20)29/h2,4,6-7,14,20H,3,5,8-13,15H2,1H3/t20-/m1/s1. The van der Waals surface area contributed by atoms with Crippen LogP contribution in [0.1, 0.15) is 30.9 Å². The van der Waals surface area contributed by atoms with E-state index in [1.54, 1.807) is 0 Å². The molecule has 7 heteroatoms. The molecule has 2 aliphatic rings. The molecule has 0 unspecified atom stereocenters. The van der Waals surface area contributed by atoms with E-state index in [1.807, 2.05) is 30.3 Å². The van der Waals surface area contributed by atoms with E-state index in [9.17, 15) is 9.59 Å². The van der Waals surface area contributed by atoms with Crippen LogP contribution in [0.3, 0.4) is 0 Å². The lowest BCUT2D eigenvalue weighted by Gasteiger charge is -2.32. The van der Waals surface area contributed by atoms with Crippen molar-refractivity contribution in [2.45, 2.75) is 25.2 Å². The summed E-state index contributed by atoms with van der Waals surface area (Å²) in [6, 6.07) is 9.89. The molecule has 2 heterocycles. The minimum absolute atomic E-state index is 0.00488. The van der Waals surface area contributed by atoms with Gasteiger partial charge in [-0.1, -0.05) is 11.2 Å². The Morgan fingerprint density at radius 3 is 2.77 bits per heavy atom. The normalized spacial score (nSPS) is 21.3. The molecule has 5 rings (SSSR count).